The number of aryl methyl sites for hydroxylation is 1. The van der Waals surface area contributed by atoms with E-state index in [1.54, 1.807) is 6.07 Å². The molecule has 0 amide bonds. The van der Waals surface area contributed by atoms with Crippen molar-refractivity contribution in [3.8, 4) is 5.75 Å². The second kappa shape index (κ2) is 6.75. The van der Waals surface area contributed by atoms with Crippen molar-refractivity contribution < 1.29 is 23.2 Å². The number of ketones is 2. The lowest BCUT2D eigenvalue weighted by atomic mass is 9.33. The van der Waals surface area contributed by atoms with Crippen LogP contribution in [0.4, 0.5) is 4.39 Å². The maximum absolute atomic E-state index is 13.4. The third kappa shape index (κ3) is 3.50. The first-order chi connectivity index (χ1) is 12.9. The molecule has 3 saturated carbocycles. The normalized spacial score (nSPS) is 25.4. The molecule has 27 heavy (non-hydrogen) atoms. The monoisotopic (exact) mass is 391 g/mol. The molecule has 0 N–H and O–H groups in total. The zero-order chi connectivity index (χ0) is 19.1. The van der Waals surface area contributed by atoms with Gasteiger partial charge in [-0.15, -0.1) is 0 Å². The predicted molar refractivity (Wildman–Crippen MR) is 95.1 cm³/mol. The highest BCUT2D eigenvalue weighted by Gasteiger charge is 2.70. The van der Waals surface area contributed by atoms with Gasteiger partial charge in [-0.1, -0.05) is 16.8 Å². The van der Waals surface area contributed by atoms with Gasteiger partial charge in [-0.3, -0.25) is 9.59 Å². The Kier molecular flexibility index (Phi) is 4.54. The second-order valence-corrected chi connectivity index (χ2v) is 8.21. The van der Waals surface area contributed by atoms with Crippen molar-refractivity contribution in [2.45, 2.75) is 38.5 Å². The number of benzene rings is 1. The number of carbonyl (C=O) groups excluding carboxylic acids is 2. The van der Waals surface area contributed by atoms with Gasteiger partial charge in [0.1, 0.15) is 30.2 Å². The first-order valence-corrected chi connectivity index (χ1v) is 9.30. The highest BCUT2D eigenvalue weighted by atomic mass is 35.5. The van der Waals surface area contributed by atoms with Gasteiger partial charge in [0.2, 0.25) is 0 Å². The van der Waals surface area contributed by atoms with E-state index in [4.69, 9.17) is 20.9 Å². The minimum Gasteiger partial charge on any atom is -0.486 e. The molecule has 1 heterocycles. The van der Waals surface area contributed by atoms with E-state index in [0.29, 0.717) is 19.3 Å². The van der Waals surface area contributed by atoms with Crippen LogP contribution in [0.25, 0.3) is 0 Å². The maximum Gasteiger partial charge on any atom is 0.170 e. The Hall–Kier alpha value is -2.21. The smallest absolute Gasteiger partial charge is 0.170 e. The van der Waals surface area contributed by atoms with E-state index in [2.05, 4.69) is 5.16 Å². The van der Waals surface area contributed by atoms with Crippen LogP contribution in [-0.2, 0) is 16.0 Å². The Labute approximate surface area is 160 Å². The van der Waals surface area contributed by atoms with Crippen molar-refractivity contribution in [3.05, 3.63) is 47.1 Å². The Morgan fingerprint density at radius 1 is 1.26 bits per heavy atom. The molecule has 5 nitrogen and oxygen atoms in total. The van der Waals surface area contributed by atoms with Crippen LogP contribution in [0.15, 0.2) is 35.1 Å². The summed E-state index contributed by atoms with van der Waals surface area (Å²) in [5.41, 5.74) is 0.509. The van der Waals surface area contributed by atoms with Gasteiger partial charge in [-0.25, -0.2) is 4.39 Å². The van der Waals surface area contributed by atoms with E-state index in [1.807, 2.05) is 0 Å². The summed E-state index contributed by atoms with van der Waals surface area (Å²) in [6.45, 7) is -0.101. The van der Waals surface area contributed by atoms with Crippen molar-refractivity contribution in [1.29, 1.82) is 0 Å². The van der Waals surface area contributed by atoms with Crippen LogP contribution in [0, 0.1) is 16.6 Å². The zero-order valence-electron chi connectivity index (χ0n) is 14.7. The molecular weight excluding hydrogens is 373 g/mol. The molecule has 1 aromatic heterocycles. The number of hydrogen-bond acceptors (Lipinski definition) is 5. The average Bonchev–Trinajstić information content (AvgIpc) is 3.09. The maximum atomic E-state index is 13.4. The van der Waals surface area contributed by atoms with Crippen LogP contribution in [0.5, 0.6) is 5.75 Å². The van der Waals surface area contributed by atoms with Crippen molar-refractivity contribution in [1.82, 2.24) is 5.16 Å². The molecule has 5 rings (SSSR count). The van der Waals surface area contributed by atoms with E-state index in [9.17, 15) is 14.0 Å². The molecule has 0 spiro atoms. The van der Waals surface area contributed by atoms with Gasteiger partial charge in [0.05, 0.1) is 10.7 Å². The average molecular weight is 392 g/mol. The van der Waals surface area contributed by atoms with Crippen molar-refractivity contribution in [2.24, 2.45) is 10.8 Å². The van der Waals surface area contributed by atoms with Gasteiger partial charge in [-0.2, -0.15) is 0 Å². The van der Waals surface area contributed by atoms with Gasteiger partial charge >= 0.3 is 0 Å². The summed E-state index contributed by atoms with van der Waals surface area (Å²) in [6, 6.07) is 5.86. The lowest BCUT2D eigenvalue weighted by molar-refractivity contribution is -0.208. The SMILES string of the molecule is O=C(COc1ccc(Cl)c(F)c1)CC12CC(C(=O)CCc3ccon3)(C1)C2. The summed E-state index contributed by atoms with van der Waals surface area (Å²) in [5, 5.41) is 3.83. The molecule has 2 aromatic rings. The van der Waals surface area contributed by atoms with Crippen LogP contribution in [-0.4, -0.2) is 23.3 Å². The van der Waals surface area contributed by atoms with Gasteiger partial charge in [0.15, 0.2) is 5.78 Å². The highest BCUT2D eigenvalue weighted by molar-refractivity contribution is 6.30. The minimum atomic E-state index is -0.577. The standard InChI is InChI=1S/C20H19ClFNO4/c21-16-3-2-15(7-17(16)22)26-9-14(24)8-19-10-20(11-19,12-19)18(25)4-1-13-5-6-27-23-13/h2-3,5-7H,1,4,8-12H2. The topological polar surface area (TPSA) is 69.4 Å². The Morgan fingerprint density at radius 3 is 2.70 bits per heavy atom. The van der Waals surface area contributed by atoms with E-state index in [0.717, 1.165) is 25.0 Å². The van der Waals surface area contributed by atoms with Crippen LogP contribution < -0.4 is 4.74 Å². The summed E-state index contributed by atoms with van der Waals surface area (Å²) in [5.74, 6) is -0.0733. The molecule has 0 aliphatic heterocycles. The van der Waals surface area contributed by atoms with Crippen LogP contribution in [0.3, 0.4) is 0 Å². The number of hydrogen-bond donors (Lipinski definition) is 0. The second-order valence-electron chi connectivity index (χ2n) is 7.80. The largest absolute Gasteiger partial charge is 0.486 e. The third-order valence-corrected chi connectivity index (χ3v) is 6.00. The summed E-state index contributed by atoms with van der Waals surface area (Å²) >= 11 is 5.62. The Bertz CT molecular complexity index is 860. The first kappa shape index (κ1) is 18.2. The van der Waals surface area contributed by atoms with Crippen LogP contribution in [0.2, 0.25) is 5.02 Å². The van der Waals surface area contributed by atoms with Gasteiger partial charge in [-0.05, 0) is 36.8 Å². The highest BCUT2D eigenvalue weighted by Crippen LogP contribution is 2.75. The molecule has 2 bridgehead atoms. The molecule has 3 aliphatic rings. The zero-order valence-corrected chi connectivity index (χ0v) is 15.4. The van der Waals surface area contributed by atoms with E-state index >= 15 is 0 Å². The van der Waals surface area contributed by atoms with Gasteiger partial charge < -0.3 is 9.26 Å². The summed E-state index contributed by atoms with van der Waals surface area (Å²) in [7, 11) is 0. The fraction of sp³-hybridized carbons (Fsp3) is 0.450. The summed E-state index contributed by atoms with van der Waals surface area (Å²) in [4.78, 5) is 24.7. The van der Waals surface area contributed by atoms with E-state index < -0.39 is 5.82 Å². The number of aromatic nitrogens is 1. The van der Waals surface area contributed by atoms with Crippen molar-refractivity contribution in [2.75, 3.05) is 6.61 Å². The molecule has 3 fully saturated rings. The third-order valence-electron chi connectivity index (χ3n) is 5.69. The Morgan fingerprint density at radius 2 is 2.04 bits per heavy atom. The first-order valence-electron chi connectivity index (χ1n) is 8.92. The van der Waals surface area contributed by atoms with Crippen molar-refractivity contribution in [3.63, 3.8) is 0 Å². The van der Waals surface area contributed by atoms with E-state index in [-0.39, 0.29) is 39.8 Å². The number of carbonyl (C=O) groups is 2. The molecule has 7 heteroatoms. The lowest BCUT2D eigenvalue weighted by Gasteiger charge is -2.70. The molecule has 3 aliphatic carbocycles. The van der Waals surface area contributed by atoms with Gasteiger partial charge in [0, 0.05) is 36.8 Å². The number of ether oxygens (including phenoxy) is 1. The molecule has 1 aromatic carbocycles. The van der Waals surface area contributed by atoms with Crippen molar-refractivity contribution >= 4 is 23.2 Å². The number of nitrogens with zero attached hydrogens (tertiary/aromatic N) is 1. The summed E-state index contributed by atoms with van der Waals surface area (Å²) < 4.78 is 23.5. The quantitative estimate of drug-likeness (QED) is 0.641. The molecule has 142 valence electrons. The van der Waals surface area contributed by atoms with E-state index in [1.165, 1.54) is 24.5 Å². The molecule has 0 radical (unpaired) electrons. The molecule has 0 saturated heterocycles. The fourth-order valence-electron chi connectivity index (χ4n) is 4.55. The lowest BCUT2D eigenvalue weighted by Crippen LogP contribution is -2.65. The summed E-state index contributed by atoms with van der Waals surface area (Å²) in [6.07, 6.45) is 5.29. The molecular formula is C20H19ClFNO4. The fourth-order valence-corrected chi connectivity index (χ4v) is 4.67. The molecule has 0 atom stereocenters. The minimum absolute atomic E-state index is 0.0149. The number of Topliss-reactive ketones (excluding diaryl/α,β-unsaturated/α-hetero) is 2. The number of rotatable bonds is 9. The van der Waals surface area contributed by atoms with Crippen LogP contribution >= 0.6 is 11.6 Å². The Balaban J connectivity index is 1.21. The predicted octanol–water partition coefficient (Wildman–Crippen LogP) is 4.18. The van der Waals surface area contributed by atoms with Gasteiger partial charge in [0.25, 0.3) is 0 Å². The van der Waals surface area contributed by atoms with Crippen LogP contribution in [0.1, 0.15) is 37.8 Å². The molecule has 0 unspecified atom stereocenters. The number of halogens is 2.